The Morgan fingerprint density at radius 3 is 2.75 bits per heavy atom. The van der Waals surface area contributed by atoms with Crippen molar-refractivity contribution in [2.24, 2.45) is 4.99 Å². The molecule has 1 fully saturated rings. The molecular weight excluding hydrogens is 360 g/mol. The number of rotatable bonds is 6. The average molecular weight is 387 g/mol. The smallest absolute Gasteiger partial charge is 0.191 e. The molecule has 1 aliphatic rings. The first-order valence-electron chi connectivity index (χ1n) is 9.75. The van der Waals surface area contributed by atoms with Crippen molar-refractivity contribution in [3.8, 4) is 0 Å². The van der Waals surface area contributed by atoms with E-state index >= 15 is 0 Å². The van der Waals surface area contributed by atoms with E-state index in [0.717, 1.165) is 50.3 Å². The molecule has 1 saturated heterocycles. The van der Waals surface area contributed by atoms with Crippen molar-refractivity contribution in [1.82, 2.24) is 20.5 Å². The minimum absolute atomic E-state index is 0.0947. The van der Waals surface area contributed by atoms with Gasteiger partial charge in [-0.05, 0) is 50.1 Å². The van der Waals surface area contributed by atoms with E-state index in [1.165, 1.54) is 6.07 Å². The van der Waals surface area contributed by atoms with Crippen molar-refractivity contribution in [1.29, 1.82) is 0 Å². The fourth-order valence-electron chi connectivity index (χ4n) is 3.30. The lowest BCUT2D eigenvalue weighted by molar-refractivity contribution is 0.196. The highest BCUT2D eigenvalue weighted by molar-refractivity contribution is 5.80. The monoisotopic (exact) mass is 387 g/mol. The fourth-order valence-corrected chi connectivity index (χ4v) is 3.30. The first-order chi connectivity index (χ1) is 13.6. The molecule has 0 amide bonds. The highest BCUT2D eigenvalue weighted by Gasteiger charge is 2.20. The summed E-state index contributed by atoms with van der Waals surface area (Å²) in [7, 11) is 0. The normalized spacial score (nSPS) is 16.2. The molecule has 0 saturated carbocycles. The van der Waals surface area contributed by atoms with Gasteiger partial charge >= 0.3 is 0 Å². The van der Waals surface area contributed by atoms with Crippen LogP contribution in [-0.4, -0.2) is 41.5 Å². The van der Waals surface area contributed by atoms with Gasteiger partial charge in [-0.1, -0.05) is 6.07 Å². The Morgan fingerprint density at radius 2 is 2.04 bits per heavy atom. The molecule has 0 bridgehead atoms. The summed E-state index contributed by atoms with van der Waals surface area (Å²) >= 11 is 0. The van der Waals surface area contributed by atoms with Crippen LogP contribution in [0.1, 0.15) is 31.0 Å². The maximum absolute atomic E-state index is 13.8. The minimum atomic E-state index is -0.454. The topological polar surface area (TPSA) is 52.6 Å². The summed E-state index contributed by atoms with van der Waals surface area (Å²) < 4.78 is 27.1. The van der Waals surface area contributed by atoms with Crippen molar-refractivity contribution in [3.05, 3.63) is 65.5 Å². The van der Waals surface area contributed by atoms with Gasteiger partial charge in [-0.3, -0.25) is 9.88 Å². The Morgan fingerprint density at radius 1 is 1.21 bits per heavy atom. The van der Waals surface area contributed by atoms with E-state index in [1.807, 2.05) is 31.3 Å². The number of aromatic nitrogens is 1. The predicted octanol–water partition coefficient (Wildman–Crippen LogP) is 3.08. The number of hydrogen-bond acceptors (Lipinski definition) is 3. The lowest BCUT2D eigenvalue weighted by Crippen LogP contribution is -2.48. The van der Waals surface area contributed by atoms with Gasteiger partial charge in [0, 0.05) is 44.0 Å². The molecule has 3 rings (SSSR count). The van der Waals surface area contributed by atoms with Crippen LogP contribution in [0, 0.1) is 11.6 Å². The van der Waals surface area contributed by atoms with Gasteiger partial charge in [-0.25, -0.2) is 13.8 Å². The highest BCUT2D eigenvalue weighted by atomic mass is 19.1. The van der Waals surface area contributed by atoms with Gasteiger partial charge in [0.2, 0.25) is 0 Å². The number of nitrogens with one attached hydrogen (secondary N) is 2. The second-order valence-corrected chi connectivity index (χ2v) is 6.95. The molecule has 5 nitrogen and oxygen atoms in total. The van der Waals surface area contributed by atoms with Gasteiger partial charge in [-0.2, -0.15) is 0 Å². The third kappa shape index (κ3) is 5.99. The zero-order chi connectivity index (χ0) is 19.8. The number of benzene rings is 1. The van der Waals surface area contributed by atoms with Crippen molar-refractivity contribution in [3.63, 3.8) is 0 Å². The van der Waals surface area contributed by atoms with Crippen LogP contribution in [-0.2, 0) is 13.1 Å². The molecule has 0 radical (unpaired) electrons. The molecular formula is C21H27F2N5. The number of nitrogens with zero attached hydrogens (tertiary/aromatic N) is 3. The molecule has 28 heavy (non-hydrogen) atoms. The predicted molar refractivity (Wildman–Crippen MR) is 107 cm³/mol. The maximum atomic E-state index is 13.8. The quantitative estimate of drug-likeness (QED) is 0.591. The van der Waals surface area contributed by atoms with Crippen LogP contribution >= 0.6 is 0 Å². The van der Waals surface area contributed by atoms with Crippen LogP contribution in [0.25, 0.3) is 0 Å². The van der Waals surface area contributed by atoms with Crippen LogP contribution < -0.4 is 10.6 Å². The Balaban J connectivity index is 1.52. The largest absolute Gasteiger partial charge is 0.357 e. The number of pyridine rings is 1. The summed E-state index contributed by atoms with van der Waals surface area (Å²) in [5.41, 5.74) is 1.34. The molecule has 2 heterocycles. The van der Waals surface area contributed by atoms with Gasteiger partial charge in [0.1, 0.15) is 11.6 Å². The summed E-state index contributed by atoms with van der Waals surface area (Å²) in [4.78, 5) is 11.2. The van der Waals surface area contributed by atoms with Crippen LogP contribution in [0.3, 0.4) is 0 Å². The zero-order valence-electron chi connectivity index (χ0n) is 16.2. The van der Waals surface area contributed by atoms with E-state index in [0.29, 0.717) is 18.5 Å². The fraction of sp³-hybridized carbons (Fsp3) is 0.429. The Kier molecular flexibility index (Phi) is 7.31. The van der Waals surface area contributed by atoms with E-state index in [4.69, 9.17) is 0 Å². The van der Waals surface area contributed by atoms with Gasteiger partial charge in [0.05, 0.1) is 12.2 Å². The van der Waals surface area contributed by atoms with Crippen LogP contribution in [0.15, 0.2) is 47.6 Å². The summed E-state index contributed by atoms with van der Waals surface area (Å²) in [5, 5.41) is 6.61. The number of aliphatic imine (C=N–C) groups is 1. The van der Waals surface area contributed by atoms with Crippen LogP contribution in [0.5, 0.6) is 0 Å². The lowest BCUT2D eigenvalue weighted by Gasteiger charge is -2.32. The molecule has 2 aromatic rings. The number of piperidine rings is 1. The van der Waals surface area contributed by atoms with Crippen molar-refractivity contribution in [2.75, 3.05) is 19.6 Å². The first kappa shape index (κ1) is 20.2. The number of hydrogen-bond donors (Lipinski definition) is 2. The molecule has 0 atom stereocenters. The molecule has 0 spiro atoms. The van der Waals surface area contributed by atoms with E-state index < -0.39 is 11.6 Å². The van der Waals surface area contributed by atoms with Crippen molar-refractivity contribution >= 4 is 5.96 Å². The molecule has 2 N–H and O–H groups in total. The third-order valence-corrected chi connectivity index (χ3v) is 4.80. The van der Waals surface area contributed by atoms with Gasteiger partial charge < -0.3 is 10.6 Å². The summed E-state index contributed by atoms with van der Waals surface area (Å²) in [6.45, 7) is 5.60. The number of guanidine groups is 1. The molecule has 150 valence electrons. The summed E-state index contributed by atoms with van der Waals surface area (Å²) in [6.07, 6.45) is 3.81. The van der Waals surface area contributed by atoms with Gasteiger partial charge in [0.15, 0.2) is 5.96 Å². The second kappa shape index (κ2) is 10.1. The van der Waals surface area contributed by atoms with Crippen molar-refractivity contribution in [2.45, 2.75) is 38.9 Å². The Bertz CT molecular complexity index is 774. The standard InChI is InChI=1S/C21H27F2N5/c1-2-24-21(26-14-16-13-17(22)6-7-20(16)23)27-18-8-11-28(12-9-18)15-19-5-3-4-10-25-19/h3-7,10,13,18H,2,8-9,11-12,14-15H2,1H3,(H2,24,26,27). The molecule has 1 aliphatic heterocycles. The van der Waals surface area contributed by atoms with E-state index in [2.05, 4.69) is 25.5 Å². The first-order valence-corrected chi connectivity index (χ1v) is 9.75. The van der Waals surface area contributed by atoms with E-state index in [-0.39, 0.29) is 12.1 Å². The van der Waals surface area contributed by atoms with Crippen LogP contribution in [0.4, 0.5) is 8.78 Å². The Hall–Kier alpha value is -2.54. The Labute approximate surface area is 164 Å². The molecule has 1 aromatic heterocycles. The maximum Gasteiger partial charge on any atom is 0.191 e. The molecule has 1 aromatic carbocycles. The summed E-state index contributed by atoms with van der Waals surface area (Å²) in [5.74, 6) is -0.261. The minimum Gasteiger partial charge on any atom is -0.357 e. The average Bonchev–Trinajstić information content (AvgIpc) is 2.71. The molecule has 0 unspecified atom stereocenters. The second-order valence-electron chi connectivity index (χ2n) is 6.95. The number of halogens is 2. The van der Waals surface area contributed by atoms with E-state index in [9.17, 15) is 8.78 Å². The van der Waals surface area contributed by atoms with Crippen molar-refractivity contribution < 1.29 is 8.78 Å². The van der Waals surface area contributed by atoms with Gasteiger partial charge in [-0.15, -0.1) is 0 Å². The zero-order valence-corrected chi connectivity index (χ0v) is 16.2. The summed E-state index contributed by atoms with van der Waals surface area (Å²) in [6, 6.07) is 9.73. The SMILES string of the molecule is CCNC(=NCc1cc(F)ccc1F)NC1CCN(Cc2ccccn2)CC1. The molecule has 0 aliphatic carbocycles. The van der Waals surface area contributed by atoms with Crippen LogP contribution in [0.2, 0.25) is 0 Å². The lowest BCUT2D eigenvalue weighted by atomic mass is 10.0. The van der Waals surface area contributed by atoms with Gasteiger partial charge in [0.25, 0.3) is 0 Å². The third-order valence-electron chi connectivity index (χ3n) is 4.80. The number of likely N-dealkylation sites (tertiary alicyclic amines) is 1. The molecule has 7 heteroatoms. The van der Waals surface area contributed by atoms with E-state index in [1.54, 1.807) is 0 Å². The highest BCUT2D eigenvalue weighted by Crippen LogP contribution is 2.14.